The van der Waals surface area contributed by atoms with Crippen LogP contribution in [0.15, 0.2) is 35.1 Å². The number of rotatable bonds is 5. The van der Waals surface area contributed by atoms with E-state index < -0.39 is 0 Å². The molecular formula is C18H20N6O. The van der Waals surface area contributed by atoms with Crippen molar-refractivity contribution in [1.82, 2.24) is 29.8 Å². The summed E-state index contributed by atoms with van der Waals surface area (Å²) >= 11 is 0. The quantitative estimate of drug-likeness (QED) is 0.559. The summed E-state index contributed by atoms with van der Waals surface area (Å²) in [5.41, 5.74) is 3.89. The fourth-order valence-electron chi connectivity index (χ4n) is 3.03. The number of aryl methyl sites for hydroxylation is 3. The zero-order valence-corrected chi connectivity index (χ0v) is 14.6. The Bertz CT molecular complexity index is 1030. The van der Waals surface area contributed by atoms with Gasteiger partial charge in [-0.05, 0) is 32.4 Å². The second kappa shape index (κ2) is 6.16. The van der Waals surface area contributed by atoms with Crippen LogP contribution in [0.5, 0.6) is 0 Å². The summed E-state index contributed by atoms with van der Waals surface area (Å²) in [6.45, 7) is 7.69. The fraction of sp³-hybridized carbons (Fsp3) is 0.333. The Kier molecular flexibility index (Phi) is 3.83. The van der Waals surface area contributed by atoms with Crippen molar-refractivity contribution < 1.29 is 4.42 Å². The van der Waals surface area contributed by atoms with Gasteiger partial charge in [-0.3, -0.25) is 0 Å². The monoisotopic (exact) mass is 336 g/mol. The number of furan rings is 1. The average Bonchev–Trinajstić information content (AvgIpc) is 3.30. The Morgan fingerprint density at radius 2 is 2.04 bits per heavy atom. The van der Waals surface area contributed by atoms with Crippen molar-refractivity contribution in [3.8, 4) is 11.5 Å². The SMILES string of the molecule is CCCn1cnnc1Cn1cc(-c2oc3ccc(C)cc3c2C)nn1. The molecule has 0 N–H and O–H groups in total. The van der Waals surface area contributed by atoms with Crippen LogP contribution in [0.25, 0.3) is 22.4 Å². The van der Waals surface area contributed by atoms with Gasteiger partial charge in [0.2, 0.25) is 0 Å². The largest absolute Gasteiger partial charge is 0.454 e. The standard InChI is InChI=1S/C18H20N6O/c1-4-7-23-11-19-21-17(23)10-24-9-15(20-22-24)18-13(3)14-8-12(2)5-6-16(14)25-18/h5-6,8-9,11H,4,7,10H2,1-3H3. The van der Waals surface area contributed by atoms with Crippen LogP contribution in [-0.2, 0) is 13.1 Å². The molecule has 7 heteroatoms. The van der Waals surface area contributed by atoms with Crippen molar-refractivity contribution in [1.29, 1.82) is 0 Å². The number of fused-ring (bicyclic) bond motifs is 1. The molecule has 0 aliphatic rings. The number of hydrogen-bond donors (Lipinski definition) is 0. The van der Waals surface area contributed by atoms with Gasteiger partial charge in [0.05, 0.1) is 6.20 Å². The lowest BCUT2D eigenvalue weighted by atomic mass is 10.1. The van der Waals surface area contributed by atoms with Crippen LogP contribution in [0.1, 0.15) is 30.3 Å². The van der Waals surface area contributed by atoms with E-state index in [0.29, 0.717) is 6.54 Å². The molecule has 3 aromatic heterocycles. The highest BCUT2D eigenvalue weighted by atomic mass is 16.3. The highest BCUT2D eigenvalue weighted by molar-refractivity contribution is 5.87. The smallest absolute Gasteiger partial charge is 0.160 e. The highest BCUT2D eigenvalue weighted by Crippen LogP contribution is 2.32. The third kappa shape index (κ3) is 2.82. The molecule has 1 aromatic carbocycles. The van der Waals surface area contributed by atoms with Gasteiger partial charge in [0.1, 0.15) is 24.1 Å². The minimum atomic E-state index is 0.533. The first-order valence-electron chi connectivity index (χ1n) is 8.42. The molecule has 0 fully saturated rings. The summed E-state index contributed by atoms with van der Waals surface area (Å²) in [6, 6.07) is 6.18. The van der Waals surface area contributed by atoms with E-state index in [1.807, 2.05) is 22.9 Å². The number of aromatic nitrogens is 6. The molecule has 0 amide bonds. The zero-order chi connectivity index (χ0) is 17.4. The summed E-state index contributed by atoms with van der Waals surface area (Å²) in [5, 5.41) is 17.8. The van der Waals surface area contributed by atoms with Crippen LogP contribution in [-0.4, -0.2) is 29.8 Å². The number of benzene rings is 1. The summed E-state index contributed by atoms with van der Waals surface area (Å²) in [4.78, 5) is 0. The van der Waals surface area contributed by atoms with Crippen LogP contribution >= 0.6 is 0 Å². The molecular weight excluding hydrogens is 316 g/mol. The van der Waals surface area contributed by atoms with E-state index in [4.69, 9.17) is 4.42 Å². The van der Waals surface area contributed by atoms with E-state index in [1.54, 1.807) is 11.0 Å². The summed E-state index contributed by atoms with van der Waals surface area (Å²) in [7, 11) is 0. The van der Waals surface area contributed by atoms with Gasteiger partial charge in [-0.1, -0.05) is 23.8 Å². The normalized spacial score (nSPS) is 11.5. The van der Waals surface area contributed by atoms with Crippen LogP contribution in [0, 0.1) is 13.8 Å². The molecule has 0 aliphatic carbocycles. The number of nitrogens with zero attached hydrogens (tertiary/aromatic N) is 6. The Labute approximate surface area is 145 Å². The maximum absolute atomic E-state index is 6.00. The van der Waals surface area contributed by atoms with Crippen molar-refractivity contribution in [2.75, 3.05) is 0 Å². The maximum atomic E-state index is 6.00. The predicted octanol–water partition coefficient (Wildman–Crippen LogP) is 3.36. The second-order valence-corrected chi connectivity index (χ2v) is 6.30. The Balaban J connectivity index is 1.65. The van der Waals surface area contributed by atoms with Crippen molar-refractivity contribution >= 4 is 11.0 Å². The lowest BCUT2D eigenvalue weighted by Gasteiger charge is -2.03. The highest BCUT2D eigenvalue weighted by Gasteiger charge is 2.16. The molecule has 128 valence electrons. The van der Waals surface area contributed by atoms with Gasteiger partial charge in [-0.2, -0.15) is 0 Å². The van der Waals surface area contributed by atoms with Crippen LogP contribution in [0.4, 0.5) is 0 Å². The van der Waals surface area contributed by atoms with Gasteiger partial charge in [0, 0.05) is 17.5 Å². The first kappa shape index (κ1) is 15.6. The first-order chi connectivity index (χ1) is 12.2. The Morgan fingerprint density at radius 1 is 1.16 bits per heavy atom. The average molecular weight is 336 g/mol. The summed E-state index contributed by atoms with van der Waals surface area (Å²) in [5.74, 6) is 1.64. The van der Waals surface area contributed by atoms with E-state index in [2.05, 4.69) is 47.3 Å². The van der Waals surface area contributed by atoms with Crippen LogP contribution in [0.2, 0.25) is 0 Å². The molecule has 4 rings (SSSR count). The molecule has 3 heterocycles. The minimum absolute atomic E-state index is 0.533. The molecule has 4 aromatic rings. The van der Waals surface area contributed by atoms with Crippen LogP contribution in [0.3, 0.4) is 0 Å². The summed E-state index contributed by atoms with van der Waals surface area (Å²) < 4.78 is 9.81. The first-order valence-corrected chi connectivity index (χ1v) is 8.42. The van der Waals surface area contributed by atoms with E-state index >= 15 is 0 Å². The molecule has 7 nitrogen and oxygen atoms in total. The molecule has 0 radical (unpaired) electrons. The fourth-order valence-corrected chi connectivity index (χ4v) is 3.03. The van der Waals surface area contributed by atoms with E-state index in [0.717, 1.165) is 46.8 Å². The maximum Gasteiger partial charge on any atom is 0.160 e. The van der Waals surface area contributed by atoms with Crippen molar-refractivity contribution in [2.45, 2.75) is 40.3 Å². The van der Waals surface area contributed by atoms with Gasteiger partial charge in [0.25, 0.3) is 0 Å². The van der Waals surface area contributed by atoms with Gasteiger partial charge in [-0.25, -0.2) is 4.68 Å². The molecule has 0 bridgehead atoms. The lowest BCUT2D eigenvalue weighted by molar-refractivity contribution is 0.570. The molecule has 0 unspecified atom stereocenters. The molecule has 0 spiro atoms. The molecule has 0 saturated carbocycles. The molecule has 0 saturated heterocycles. The Morgan fingerprint density at radius 3 is 2.88 bits per heavy atom. The topological polar surface area (TPSA) is 74.6 Å². The second-order valence-electron chi connectivity index (χ2n) is 6.30. The zero-order valence-electron chi connectivity index (χ0n) is 14.6. The van der Waals surface area contributed by atoms with Gasteiger partial charge in [-0.15, -0.1) is 15.3 Å². The lowest BCUT2D eigenvalue weighted by Crippen LogP contribution is -2.08. The summed E-state index contributed by atoms with van der Waals surface area (Å²) in [6.07, 6.45) is 4.68. The van der Waals surface area contributed by atoms with E-state index in [9.17, 15) is 0 Å². The van der Waals surface area contributed by atoms with E-state index in [-0.39, 0.29) is 0 Å². The van der Waals surface area contributed by atoms with Gasteiger partial charge >= 0.3 is 0 Å². The third-order valence-corrected chi connectivity index (χ3v) is 4.33. The van der Waals surface area contributed by atoms with E-state index in [1.165, 1.54) is 5.56 Å². The third-order valence-electron chi connectivity index (χ3n) is 4.33. The Hall–Kier alpha value is -2.96. The predicted molar refractivity (Wildman–Crippen MR) is 94.1 cm³/mol. The number of hydrogen-bond acceptors (Lipinski definition) is 5. The van der Waals surface area contributed by atoms with Crippen molar-refractivity contribution in [2.24, 2.45) is 0 Å². The molecule has 25 heavy (non-hydrogen) atoms. The minimum Gasteiger partial charge on any atom is -0.454 e. The van der Waals surface area contributed by atoms with Gasteiger partial charge in [0.15, 0.2) is 11.6 Å². The molecule has 0 aliphatic heterocycles. The van der Waals surface area contributed by atoms with Crippen molar-refractivity contribution in [3.05, 3.63) is 47.7 Å². The van der Waals surface area contributed by atoms with Crippen LogP contribution < -0.4 is 0 Å². The molecule has 0 atom stereocenters. The van der Waals surface area contributed by atoms with Gasteiger partial charge < -0.3 is 8.98 Å². The van der Waals surface area contributed by atoms with Crippen molar-refractivity contribution in [3.63, 3.8) is 0 Å².